The van der Waals surface area contributed by atoms with E-state index in [2.05, 4.69) is 5.32 Å². The number of nitrogens with zero attached hydrogens (tertiary/aromatic N) is 1. The molecule has 3 atom stereocenters. The molecule has 0 aliphatic carbocycles. The largest absolute Gasteiger partial charge is 0.386 e. The molecule has 0 spiro atoms. The predicted molar refractivity (Wildman–Crippen MR) is 68.3 cm³/mol. The molecule has 0 aromatic heterocycles. The van der Waals surface area contributed by atoms with Crippen LogP contribution in [-0.4, -0.2) is 59.9 Å². The van der Waals surface area contributed by atoms with Gasteiger partial charge in [-0.1, -0.05) is 0 Å². The molecule has 5 heteroatoms. The molecule has 0 saturated carbocycles. The van der Waals surface area contributed by atoms with Crippen molar-refractivity contribution in [2.75, 3.05) is 26.2 Å². The lowest BCUT2D eigenvalue weighted by molar-refractivity contribution is -0.132. The Morgan fingerprint density at radius 3 is 2.78 bits per heavy atom. The number of aliphatic hydroxyl groups is 1. The molecular formula is C13H24N2O3. The van der Waals surface area contributed by atoms with Gasteiger partial charge in [0, 0.05) is 32.7 Å². The van der Waals surface area contributed by atoms with E-state index >= 15 is 0 Å². The molecule has 5 nitrogen and oxygen atoms in total. The Bertz CT molecular complexity index is 305. The predicted octanol–water partition coefficient (Wildman–Crippen LogP) is 0.127. The second-order valence-electron chi connectivity index (χ2n) is 5.50. The molecule has 0 bridgehead atoms. The van der Waals surface area contributed by atoms with Crippen LogP contribution in [-0.2, 0) is 9.53 Å². The van der Waals surface area contributed by atoms with Crippen molar-refractivity contribution in [3.05, 3.63) is 0 Å². The van der Waals surface area contributed by atoms with Crippen LogP contribution in [0, 0.1) is 0 Å². The van der Waals surface area contributed by atoms with Crippen LogP contribution >= 0.6 is 0 Å². The zero-order valence-corrected chi connectivity index (χ0v) is 11.3. The van der Waals surface area contributed by atoms with Gasteiger partial charge < -0.3 is 20.1 Å². The fourth-order valence-corrected chi connectivity index (χ4v) is 2.63. The van der Waals surface area contributed by atoms with Crippen molar-refractivity contribution in [1.29, 1.82) is 0 Å². The van der Waals surface area contributed by atoms with Gasteiger partial charge in [-0.3, -0.25) is 4.79 Å². The second-order valence-corrected chi connectivity index (χ2v) is 5.50. The summed E-state index contributed by atoms with van der Waals surface area (Å²) in [6.07, 6.45) is 2.67. The molecule has 2 heterocycles. The van der Waals surface area contributed by atoms with Crippen LogP contribution in [0.5, 0.6) is 0 Å². The Labute approximate surface area is 108 Å². The Morgan fingerprint density at radius 2 is 2.22 bits per heavy atom. The van der Waals surface area contributed by atoms with Crippen molar-refractivity contribution in [1.82, 2.24) is 10.2 Å². The minimum Gasteiger partial charge on any atom is -0.386 e. The summed E-state index contributed by atoms with van der Waals surface area (Å²) < 4.78 is 5.38. The molecule has 2 aliphatic heterocycles. The molecule has 2 fully saturated rings. The normalized spacial score (nSPS) is 33.9. The topological polar surface area (TPSA) is 61.8 Å². The SMILES string of the molecule is CC(NCC1(O)CCOC1C)C(=O)N1CCCC1. The number of hydrogen-bond acceptors (Lipinski definition) is 4. The van der Waals surface area contributed by atoms with Gasteiger partial charge in [0.25, 0.3) is 0 Å². The third kappa shape index (κ3) is 2.84. The molecule has 2 saturated heterocycles. The van der Waals surface area contributed by atoms with E-state index in [1.165, 1.54) is 0 Å². The number of nitrogens with one attached hydrogen (secondary N) is 1. The Kier molecular flexibility index (Phi) is 4.25. The summed E-state index contributed by atoms with van der Waals surface area (Å²) in [5, 5.41) is 13.5. The number of ether oxygens (including phenoxy) is 1. The smallest absolute Gasteiger partial charge is 0.239 e. The first-order valence-electron chi connectivity index (χ1n) is 6.89. The minimum absolute atomic E-state index is 0.141. The van der Waals surface area contributed by atoms with Crippen LogP contribution in [0.25, 0.3) is 0 Å². The number of amides is 1. The van der Waals surface area contributed by atoms with E-state index in [0.717, 1.165) is 25.9 Å². The summed E-state index contributed by atoms with van der Waals surface area (Å²) in [5.74, 6) is 0.141. The maximum Gasteiger partial charge on any atom is 0.239 e. The van der Waals surface area contributed by atoms with Gasteiger partial charge in [0.1, 0.15) is 5.60 Å². The van der Waals surface area contributed by atoms with Crippen molar-refractivity contribution in [3.8, 4) is 0 Å². The van der Waals surface area contributed by atoms with Gasteiger partial charge in [0.2, 0.25) is 5.91 Å². The lowest BCUT2D eigenvalue weighted by Gasteiger charge is -2.29. The number of likely N-dealkylation sites (tertiary alicyclic amines) is 1. The van der Waals surface area contributed by atoms with E-state index in [4.69, 9.17) is 4.74 Å². The van der Waals surface area contributed by atoms with E-state index in [9.17, 15) is 9.90 Å². The highest BCUT2D eigenvalue weighted by atomic mass is 16.5. The molecule has 3 unspecified atom stereocenters. The van der Waals surface area contributed by atoms with Crippen LogP contribution < -0.4 is 5.32 Å². The molecule has 0 radical (unpaired) electrons. The Hall–Kier alpha value is -0.650. The van der Waals surface area contributed by atoms with Gasteiger partial charge in [-0.25, -0.2) is 0 Å². The molecular weight excluding hydrogens is 232 g/mol. The van der Waals surface area contributed by atoms with Gasteiger partial charge in [-0.15, -0.1) is 0 Å². The summed E-state index contributed by atoms with van der Waals surface area (Å²) in [4.78, 5) is 14.0. The lowest BCUT2D eigenvalue weighted by Crippen LogP contribution is -2.52. The summed E-state index contributed by atoms with van der Waals surface area (Å²) in [6, 6.07) is -0.236. The van der Waals surface area contributed by atoms with E-state index in [0.29, 0.717) is 19.6 Å². The maximum atomic E-state index is 12.1. The highest BCUT2D eigenvalue weighted by molar-refractivity contribution is 5.81. The summed E-state index contributed by atoms with van der Waals surface area (Å²) in [5.41, 5.74) is -0.834. The van der Waals surface area contributed by atoms with E-state index in [1.807, 2.05) is 18.7 Å². The van der Waals surface area contributed by atoms with Gasteiger partial charge in [0.05, 0.1) is 12.1 Å². The minimum atomic E-state index is -0.834. The summed E-state index contributed by atoms with van der Waals surface area (Å²) in [6.45, 7) is 6.48. The average Bonchev–Trinajstić information content (AvgIpc) is 2.97. The average molecular weight is 256 g/mol. The van der Waals surface area contributed by atoms with Crippen molar-refractivity contribution in [2.45, 2.75) is 50.9 Å². The van der Waals surface area contributed by atoms with Crippen LogP contribution in [0.2, 0.25) is 0 Å². The first kappa shape index (κ1) is 13.8. The van der Waals surface area contributed by atoms with E-state index < -0.39 is 5.60 Å². The van der Waals surface area contributed by atoms with Gasteiger partial charge in [0.15, 0.2) is 0 Å². The van der Waals surface area contributed by atoms with Gasteiger partial charge >= 0.3 is 0 Å². The van der Waals surface area contributed by atoms with Gasteiger partial charge in [-0.2, -0.15) is 0 Å². The third-order valence-electron chi connectivity index (χ3n) is 4.16. The highest BCUT2D eigenvalue weighted by Gasteiger charge is 2.39. The molecule has 2 aliphatic rings. The zero-order valence-electron chi connectivity index (χ0n) is 11.3. The van der Waals surface area contributed by atoms with Gasteiger partial charge in [-0.05, 0) is 26.7 Å². The first-order chi connectivity index (χ1) is 8.53. The highest BCUT2D eigenvalue weighted by Crippen LogP contribution is 2.24. The Balaban J connectivity index is 1.80. The molecule has 2 rings (SSSR count). The van der Waals surface area contributed by atoms with E-state index in [-0.39, 0.29) is 18.1 Å². The van der Waals surface area contributed by atoms with Crippen LogP contribution in [0.3, 0.4) is 0 Å². The third-order valence-corrected chi connectivity index (χ3v) is 4.16. The number of carbonyl (C=O) groups is 1. The number of hydrogen-bond donors (Lipinski definition) is 2. The van der Waals surface area contributed by atoms with Crippen molar-refractivity contribution in [2.24, 2.45) is 0 Å². The summed E-state index contributed by atoms with van der Waals surface area (Å²) in [7, 11) is 0. The standard InChI is InChI=1S/C13H24N2O3/c1-10(12(16)15-6-3-4-7-15)14-9-13(17)5-8-18-11(13)2/h10-11,14,17H,3-9H2,1-2H3. The van der Waals surface area contributed by atoms with Crippen molar-refractivity contribution >= 4 is 5.91 Å². The molecule has 2 N–H and O–H groups in total. The maximum absolute atomic E-state index is 12.1. The molecule has 1 amide bonds. The zero-order chi connectivity index (χ0) is 13.2. The van der Waals surface area contributed by atoms with Crippen LogP contribution in [0.1, 0.15) is 33.1 Å². The van der Waals surface area contributed by atoms with E-state index in [1.54, 1.807) is 0 Å². The first-order valence-corrected chi connectivity index (χ1v) is 6.89. The van der Waals surface area contributed by atoms with Crippen molar-refractivity contribution < 1.29 is 14.6 Å². The van der Waals surface area contributed by atoms with Crippen molar-refractivity contribution in [3.63, 3.8) is 0 Å². The molecule has 0 aromatic rings. The van der Waals surface area contributed by atoms with Crippen LogP contribution in [0.4, 0.5) is 0 Å². The fourth-order valence-electron chi connectivity index (χ4n) is 2.63. The Morgan fingerprint density at radius 1 is 1.56 bits per heavy atom. The fraction of sp³-hybridized carbons (Fsp3) is 0.923. The monoisotopic (exact) mass is 256 g/mol. The molecule has 18 heavy (non-hydrogen) atoms. The lowest BCUT2D eigenvalue weighted by atomic mass is 9.96. The molecule has 104 valence electrons. The van der Waals surface area contributed by atoms with Crippen LogP contribution in [0.15, 0.2) is 0 Å². The quantitative estimate of drug-likeness (QED) is 0.750. The number of rotatable bonds is 4. The molecule has 0 aromatic carbocycles. The summed E-state index contributed by atoms with van der Waals surface area (Å²) >= 11 is 0. The second kappa shape index (κ2) is 5.55. The number of carbonyl (C=O) groups excluding carboxylic acids is 1.